The van der Waals surface area contributed by atoms with Crippen LogP contribution in [0.15, 0.2) is 53.5 Å². The maximum atomic E-state index is 12.4. The minimum Gasteiger partial charge on any atom is -0.483 e. The third-order valence-corrected chi connectivity index (χ3v) is 4.86. The highest BCUT2D eigenvalue weighted by molar-refractivity contribution is 5.89. The van der Waals surface area contributed by atoms with E-state index in [0.717, 1.165) is 12.0 Å². The molecule has 0 spiro atoms. The van der Waals surface area contributed by atoms with E-state index in [1.54, 1.807) is 30.5 Å². The number of carboxylic acids is 1. The predicted octanol–water partition coefficient (Wildman–Crippen LogP) is 1.73. The van der Waals surface area contributed by atoms with E-state index in [1.165, 1.54) is 10.6 Å². The van der Waals surface area contributed by atoms with E-state index in [0.29, 0.717) is 38.0 Å². The molecule has 1 amide bonds. The number of hydrogen-bond acceptors (Lipinski definition) is 4. The molecule has 29 heavy (non-hydrogen) atoms. The summed E-state index contributed by atoms with van der Waals surface area (Å²) >= 11 is 0. The molecule has 0 radical (unpaired) electrons. The van der Waals surface area contributed by atoms with Crippen molar-refractivity contribution in [3.8, 4) is 0 Å². The number of pyridine rings is 1. The largest absolute Gasteiger partial charge is 0.483 e. The van der Waals surface area contributed by atoms with Crippen molar-refractivity contribution in [3.63, 3.8) is 0 Å². The first-order valence-corrected chi connectivity index (χ1v) is 9.28. The second-order valence-electron chi connectivity index (χ2n) is 6.75. The van der Waals surface area contributed by atoms with Gasteiger partial charge in [0.05, 0.1) is 5.56 Å². The zero-order chi connectivity index (χ0) is 21.2. The Labute approximate surface area is 168 Å². The average molecular weight is 400 g/mol. The summed E-state index contributed by atoms with van der Waals surface area (Å²) in [5, 5.41) is 16.2. The van der Waals surface area contributed by atoms with E-state index in [2.05, 4.69) is 0 Å². The molecule has 1 unspecified atom stereocenters. The van der Waals surface area contributed by atoms with Crippen LogP contribution in [0.3, 0.4) is 0 Å². The number of carbonyl (C=O) groups excluding carboxylic acids is 1. The Morgan fingerprint density at radius 2 is 1.83 bits per heavy atom. The molecule has 0 bridgehead atoms. The first-order valence-electron chi connectivity index (χ1n) is 9.28. The SMILES string of the molecule is O=C(O)c1ccccc1CC1CCN(C(=O)CCn2ccccc2=O)C1.O=CO. The third-order valence-electron chi connectivity index (χ3n) is 4.86. The van der Waals surface area contributed by atoms with Gasteiger partial charge in [0.1, 0.15) is 0 Å². The molecular weight excluding hydrogens is 376 g/mol. The lowest BCUT2D eigenvalue weighted by Gasteiger charge is -2.17. The first-order chi connectivity index (χ1) is 14.0. The van der Waals surface area contributed by atoms with Crippen LogP contribution in [-0.4, -0.2) is 51.1 Å². The number of amides is 1. The molecule has 0 saturated carbocycles. The van der Waals surface area contributed by atoms with Gasteiger partial charge >= 0.3 is 5.97 Å². The summed E-state index contributed by atoms with van der Waals surface area (Å²) in [6, 6.07) is 12.0. The molecule has 2 N–H and O–H groups in total. The van der Waals surface area contributed by atoms with Crippen LogP contribution in [-0.2, 0) is 22.6 Å². The number of aromatic nitrogens is 1. The molecule has 1 saturated heterocycles. The lowest BCUT2D eigenvalue weighted by molar-refractivity contribution is -0.130. The lowest BCUT2D eigenvalue weighted by Crippen LogP contribution is -2.31. The van der Waals surface area contributed by atoms with Crippen molar-refractivity contribution in [2.75, 3.05) is 13.1 Å². The molecule has 2 heterocycles. The van der Waals surface area contributed by atoms with Gasteiger partial charge in [0.2, 0.25) is 5.91 Å². The van der Waals surface area contributed by atoms with Gasteiger partial charge in [-0.1, -0.05) is 24.3 Å². The van der Waals surface area contributed by atoms with E-state index >= 15 is 0 Å². The fourth-order valence-corrected chi connectivity index (χ4v) is 3.46. The predicted molar refractivity (Wildman–Crippen MR) is 106 cm³/mol. The molecular formula is C21H24N2O6. The van der Waals surface area contributed by atoms with Crippen molar-refractivity contribution >= 4 is 18.3 Å². The monoisotopic (exact) mass is 400 g/mol. The van der Waals surface area contributed by atoms with Crippen LogP contribution in [0.5, 0.6) is 0 Å². The second-order valence-corrected chi connectivity index (χ2v) is 6.75. The number of rotatable bonds is 6. The van der Waals surface area contributed by atoms with Crippen LogP contribution in [0.1, 0.15) is 28.8 Å². The van der Waals surface area contributed by atoms with Crippen LogP contribution in [0.2, 0.25) is 0 Å². The van der Waals surface area contributed by atoms with Gasteiger partial charge in [-0.05, 0) is 36.5 Å². The summed E-state index contributed by atoms with van der Waals surface area (Å²) in [6.45, 7) is 1.44. The molecule has 1 aliphatic heterocycles. The number of hydrogen-bond donors (Lipinski definition) is 2. The minimum absolute atomic E-state index is 0.0368. The molecule has 3 rings (SSSR count). The summed E-state index contributed by atoms with van der Waals surface area (Å²) in [5.41, 5.74) is 1.04. The lowest BCUT2D eigenvalue weighted by atomic mass is 9.95. The van der Waals surface area contributed by atoms with Gasteiger partial charge in [0, 0.05) is 38.3 Å². The van der Waals surface area contributed by atoms with Gasteiger partial charge < -0.3 is 19.7 Å². The number of benzene rings is 1. The minimum atomic E-state index is -0.917. The Kier molecular flexibility index (Phi) is 8.14. The summed E-state index contributed by atoms with van der Waals surface area (Å²) in [7, 11) is 0. The molecule has 154 valence electrons. The Bertz CT molecular complexity index is 908. The summed E-state index contributed by atoms with van der Waals surface area (Å²) < 4.78 is 1.54. The summed E-state index contributed by atoms with van der Waals surface area (Å²) in [4.78, 5) is 45.6. The topological polar surface area (TPSA) is 117 Å². The number of nitrogens with zero attached hydrogens (tertiary/aromatic N) is 2. The Morgan fingerprint density at radius 3 is 2.52 bits per heavy atom. The highest BCUT2D eigenvalue weighted by Crippen LogP contribution is 2.23. The summed E-state index contributed by atoms with van der Waals surface area (Å²) in [5.74, 6) is -0.617. The molecule has 0 aliphatic carbocycles. The van der Waals surface area contributed by atoms with Crippen molar-refractivity contribution in [2.45, 2.75) is 25.8 Å². The van der Waals surface area contributed by atoms with Gasteiger partial charge in [-0.15, -0.1) is 0 Å². The van der Waals surface area contributed by atoms with Crippen molar-refractivity contribution < 1.29 is 24.6 Å². The Morgan fingerprint density at radius 1 is 1.14 bits per heavy atom. The summed E-state index contributed by atoms with van der Waals surface area (Å²) in [6.07, 6.45) is 3.50. The average Bonchev–Trinajstić information content (AvgIpc) is 3.17. The number of carbonyl (C=O) groups is 3. The molecule has 1 atom stereocenters. The molecule has 2 aromatic rings. The molecule has 8 nitrogen and oxygen atoms in total. The highest BCUT2D eigenvalue weighted by Gasteiger charge is 2.27. The van der Waals surface area contributed by atoms with Crippen LogP contribution in [0, 0.1) is 5.92 Å². The van der Waals surface area contributed by atoms with E-state index in [1.807, 2.05) is 17.0 Å². The standard InChI is InChI=1S/C20H22N2O4.CH2O2/c23-18-7-3-4-10-21(18)12-9-19(24)22-11-8-15(14-22)13-16-5-1-2-6-17(16)20(25)26;2-1-3/h1-7,10,15H,8-9,11-14H2,(H,25,26);1H,(H,2,3). The highest BCUT2D eigenvalue weighted by atomic mass is 16.4. The van der Waals surface area contributed by atoms with Crippen molar-refractivity contribution in [1.29, 1.82) is 0 Å². The number of likely N-dealkylation sites (tertiary alicyclic amines) is 1. The van der Waals surface area contributed by atoms with Gasteiger partial charge in [0.15, 0.2) is 0 Å². The van der Waals surface area contributed by atoms with Crippen molar-refractivity contribution in [1.82, 2.24) is 9.47 Å². The molecule has 8 heteroatoms. The number of aromatic carboxylic acids is 1. The van der Waals surface area contributed by atoms with Crippen LogP contribution < -0.4 is 5.56 Å². The van der Waals surface area contributed by atoms with E-state index in [9.17, 15) is 19.5 Å². The van der Waals surface area contributed by atoms with E-state index < -0.39 is 5.97 Å². The smallest absolute Gasteiger partial charge is 0.335 e. The molecule has 1 aliphatic rings. The second kappa shape index (κ2) is 10.8. The normalized spacial score (nSPS) is 15.3. The maximum Gasteiger partial charge on any atom is 0.335 e. The van der Waals surface area contributed by atoms with Crippen molar-refractivity contribution in [3.05, 3.63) is 70.1 Å². The van der Waals surface area contributed by atoms with Gasteiger partial charge in [-0.2, -0.15) is 0 Å². The van der Waals surface area contributed by atoms with Gasteiger partial charge in [-0.25, -0.2) is 4.79 Å². The molecule has 1 fully saturated rings. The van der Waals surface area contributed by atoms with E-state index in [4.69, 9.17) is 9.90 Å². The number of aryl methyl sites for hydroxylation is 1. The van der Waals surface area contributed by atoms with Gasteiger partial charge in [0.25, 0.3) is 12.0 Å². The number of carboxylic acid groups (broad SMARTS) is 2. The quantitative estimate of drug-likeness (QED) is 0.713. The van der Waals surface area contributed by atoms with Gasteiger partial charge in [-0.3, -0.25) is 14.4 Å². The maximum absolute atomic E-state index is 12.4. The fraction of sp³-hybridized carbons (Fsp3) is 0.333. The molecule has 1 aromatic carbocycles. The van der Waals surface area contributed by atoms with Crippen LogP contribution in [0.4, 0.5) is 0 Å². The molecule has 1 aromatic heterocycles. The zero-order valence-corrected chi connectivity index (χ0v) is 15.9. The third kappa shape index (κ3) is 6.31. The van der Waals surface area contributed by atoms with Crippen LogP contribution >= 0.6 is 0 Å². The Balaban J connectivity index is 0.000000941. The first kappa shape index (κ1) is 21.9. The van der Waals surface area contributed by atoms with Crippen molar-refractivity contribution in [2.24, 2.45) is 5.92 Å². The van der Waals surface area contributed by atoms with E-state index in [-0.39, 0.29) is 23.9 Å². The Hall–Kier alpha value is -3.42. The zero-order valence-electron chi connectivity index (χ0n) is 15.9. The fourth-order valence-electron chi connectivity index (χ4n) is 3.46. The van der Waals surface area contributed by atoms with Crippen LogP contribution in [0.25, 0.3) is 0 Å².